The van der Waals surface area contributed by atoms with Crippen LogP contribution in [0, 0.1) is 0 Å². The Hall–Kier alpha value is -1.82. The van der Waals surface area contributed by atoms with Crippen LogP contribution in [0.3, 0.4) is 0 Å². The average molecular weight is 253 g/mol. The molecule has 0 aliphatic rings. The summed E-state index contributed by atoms with van der Waals surface area (Å²) in [6.07, 6.45) is -0.405. The first kappa shape index (κ1) is 12.6. The smallest absolute Gasteiger partial charge is 0.263 e. The van der Waals surface area contributed by atoms with Crippen LogP contribution in [0.4, 0.5) is 8.78 Å². The number of nitrogens with one attached hydrogen (secondary N) is 1. The van der Waals surface area contributed by atoms with Crippen molar-refractivity contribution in [3.05, 3.63) is 47.6 Å². The Morgan fingerprint density at radius 1 is 1.22 bits per heavy atom. The number of benzene rings is 1. The zero-order chi connectivity index (χ0) is 12.8. The Labute approximate surface area is 103 Å². The van der Waals surface area contributed by atoms with Crippen molar-refractivity contribution >= 4 is 0 Å². The number of aromatic nitrogens is 2. The molecule has 1 aromatic carbocycles. The predicted octanol–water partition coefficient (Wildman–Crippen LogP) is 2.34. The lowest BCUT2D eigenvalue weighted by molar-refractivity contribution is 0.151. The maximum atomic E-state index is 12.3. The Balaban J connectivity index is 1.73. The molecule has 4 nitrogen and oxygen atoms in total. The molecule has 6 heteroatoms. The second-order valence-corrected chi connectivity index (χ2v) is 3.80. The molecule has 0 saturated carbocycles. The van der Waals surface area contributed by atoms with Crippen LogP contribution in [0.25, 0.3) is 0 Å². The van der Waals surface area contributed by atoms with Gasteiger partial charge in [-0.05, 0) is 5.56 Å². The van der Waals surface area contributed by atoms with E-state index in [0.717, 1.165) is 5.56 Å². The second kappa shape index (κ2) is 6.20. The first-order valence-electron chi connectivity index (χ1n) is 5.59. The largest absolute Gasteiger partial charge is 0.340 e. The standard InChI is InChI=1S/C12H13F2N3O/c13-12(14)10-3-1-9(2-4-10)7-15-6-5-11-16-8-17-18-11/h1-4,8,12,15H,5-7H2. The molecular weight excluding hydrogens is 240 g/mol. The van der Waals surface area contributed by atoms with E-state index < -0.39 is 6.43 Å². The SMILES string of the molecule is FC(F)c1ccc(CNCCc2ncno2)cc1. The van der Waals surface area contributed by atoms with Crippen LogP contribution < -0.4 is 5.32 Å². The fourth-order valence-electron chi connectivity index (χ4n) is 1.52. The predicted molar refractivity (Wildman–Crippen MR) is 61.1 cm³/mol. The highest BCUT2D eigenvalue weighted by atomic mass is 19.3. The van der Waals surface area contributed by atoms with E-state index in [9.17, 15) is 8.78 Å². The van der Waals surface area contributed by atoms with Gasteiger partial charge in [0.1, 0.15) is 0 Å². The van der Waals surface area contributed by atoms with Gasteiger partial charge in [-0.1, -0.05) is 29.4 Å². The van der Waals surface area contributed by atoms with Gasteiger partial charge in [-0.2, -0.15) is 4.98 Å². The summed E-state index contributed by atoms with van der Waals surface area (Å²) in [6, 6.07) is 6.28. The molecule has 1 heterocycles. The Morgan fingerprint density at radius 2 is 2.00 bits per heavy atom. The van der Waals surface area contributed by atoms with E-state index in [4.69, 9.17) is 4.52 Å². The maximum absolute atomic E-state index is 12.3. The van der Waals surface area contributed by atoms with Crippen molar-refractivity contribution in [3.8, 4) is 0 Å². The van der Waals surface area contributed by atoms with E-state index in [1.807, 2.05) is 0 Å². The van der Waals surface area contributed by atoms with Gasteiger partial charge in [0.15, 0.2) is 6.33 Å². The summed E-state index contributed by atoms with van der Waals surface area (Å²) < 4.78 is 29.5. The van der Waals surface area contributed by atoms with Crippen LogP contribution in [-0.4, -0.2) is 16.7 Å². The maximum Gasteiger partial charge on any atom is 0.263 e. The van der Waals surface area contributed by atoms with Crippen LogP contribution in [-0.2, 0) is 13.0 Å². The Morgan fingerprint density at radius 3 is 2.61 bits per heavy atom. The number of halogens is 2. The molecule has 2 rings (SSSR count). The molecule has 0 bridgehead atoms. The average Bonchev–Trinajstić information content (AvgIpc) is 2.88. The van der Waals surface area contributed by atoms with Gasteiger partial charge in [0.2, 0.25) is 5.89 Å². The summed E-state index contributed by atoms with van der Waals surface area (Å²) in [5.74, 6) is 0.579. The first-order valence-corrected chi connectivity index (χ1v) is 5.59. The van der Waals surface area contributed by atoms with Gasteiger partial charge < -0.3 is 9.84 Å². The van der Waals surface area contributed by atoms with Crippen LogP contribution >= 0.6 is 0 Å². The molecule has 0 unspecified atom stereocenters. The van der Waals surface area contributed by atoms with Crippen molar-refractivity contribution in [2.75, 3.05) is 6.54 Å². The Kier molecular flexibility index (Phi) is 4.35. The molecule has 0 amide bonds. The lowest BCUT2D eigenvalue weighted by atomic mass is 10.1. The van der Waals surface area contributed by atoms with Gasteiger partial charge in [0, 0.05) is 25.1 Å². The summed E-state index contributed by atoms with van der Waals surface area (Å²) >= 11 is 0. The van der Waals surface area contributed by atoms with Crippen LogP contribution in [0.5, 0.6) is 0 Å². The van der Waals surface area contributed by atoms with E-state index >= 15 is 0 Å². The quantitative estimate of drug-likeness (QED) is 0.803. The topological polar surface area (TPSA) is 51.0 Å². The number of hydrogen-bond donors (Lipinski definition) is 1. The van der Waals surface area contributed by atoms with Gasteiger partial charge in [-0.25, -0.2) is 8.78 Å². The number of hydrogen-bond acceptors (Lipinski definition) is 4. The minimum atomic E-state index is -2.41. The van der Waals surface area contributed by atoms with Gasteiger partial charge >= 0.3 is 0 Å². The van der Waals surface area contributed by atoms with Gasteiger partial charge in [-0.15, -0.1) is 0 Å². The minimum absolute atomic E-state index is 0.0459. The minimum Gasteiger partial charge on any atom is -0.340 e. The molecule has 0 aliphatic carbocycles. The summed E-state index contributed by atoms with van der Waals surface area (Å²) in [5.41, 5.74) is 1.01. The molecule has 1 aromatic heterocycles. The zero-order valence-electron chi connectivity index (χ0n) is 9.64. The highest BCUT2D eigenvalue weighted by molar-refractivity contribution is 5.23. The van der Waals surface area contributed by atoms with Crippen molar-refractivity contribution in [2.45, 2.75) is 19.4 Å². The van der Waals surface area contributed by atoms with Crippen LogP contribution in [0.2, 0.25) is 0 Å². The van der Waals surface area contributed by atoms with E-state index in [0.29, 0.717) is 25.4 Å². The summed E-state index contributed by atoms with van der Waals surface area (Å²) in [7, 11) is 0. The monoisotopic (exact) mass is 253 g/mol. The normalized spacial score (nSPS) is 11.1. The molecule has 0 atom stereocenters. The van der Waals surface area contributed by atoms with Crippen LogP contribution in [0.1, 0.15) is 23.4 Å². The highest BCUT2D eigenvalue weighted by Gasteiger charge is 2.05. The number of nitrogens with zero attached hydrogens (tertiary/aromatic N) is 2. The third-order valence-electron chi connectivity index (χ3n) is 2.48. The first-order chi connectivity index (χ1) is 8.75. The molecule has 0 spiro atoms. The van der Waals surface area contributed by atoms with E-state index in [1.54, 1.807) is 12.1 Å². The van der Waals surface area contributed by atoms with Crippen molar-refractivity contribution in [3.63, 3.8) is 0 Å². The van der Waals surface area contributed by atoms with Crippen molar-refractivity contribution in [1.82, 2.24) is 15.5 Å². The third kappa shape index (κ3) is 3.59. The number of rotatable bonds is 6. The molecule has 0 radical (unpaired) electrons. The summed E-state index contributed by atoms with van der Waals surface area (Å²) in [4.78, 5) is 3.89. The van der Waals surface area contributed by atoms with Crippen molar-refractivity contribution in [2.24, 2.45) is 0 Å². The van der Waals surface area contributed by atoms with Crippen molar-refractivity contribution < 1.29 is 13.3 Å². The fraction of sp³-hybridized carbons (Fsp3) is 0.333. The fourth-order valence-corrected chi connectivity index (χ4v) is 1.52. The lowest BCUT2D eigenvalue weighted by Crippen LogP contribution is -2.16. The summed E-state index contributed by atoms with van der Waals surface area (Å²) in [6.45, 7) is 1.32. The molecule has 0 aliphatic heterocycles. The molecule has 2 aromatic rings. The van der Waals surface area contributed by atoms with E-state index in [-0.39, 0.29) is 5.56 Å². The highest BCUT2D eigenvalue weighted by Crippen LogP contribution is 2.18. The van der Waals surface area contributed by atoms with Gasteiger partial charge in [-0.3, -0.25) is 0 Å². The zero-order valence-corrected chi connectivity index (χ0v) is 9.64. The van der Waals surface area contributed by atoms with E-state index in [1.165, 1.54) is 18.5 Å². The molecular formula is C12H13F2N3O. The molecule has 18 heavy (non-hydrogen) atoms. The van der Waals surface area contributed by atoms with Crippen LogP contribution in [0.15, 0.2) is 35.1 Å². The third-order valence-corrected chi connectivity index (χ3v) is 2.48. The molecule has 0 fully saturated rings. The lowest BCUT2D eigenvalue weighted by Gasteiger charge is -2.04. The molecule has 1 N–H and O–H groups in total. The molecule has 96 valence electrons. The molecule has 0 saturated heterocycles. The number of alkyl halides is 2. The van der Waals surface area contributed by atoms with Gasteiger partial charge in [0.25, 0.3) is 6.43 Å². The van der Waals surface area contributed by atoms with Gasteiger partial charge in [0.05, 0.1) is 0 Å². The van der Waals surface area contributed by atoms with Crippen molar-refractivity contribution in [1.29, 1.82) is 0 Å². The Bertz CT molecular complexity index is 457. The van der Waals surface area contributed by atoms with E-state index in [2.05, 4.69) is 15.5 Å². The second-order valence-electron chi connectivity index (χ2n) is 3.80. The summed E-state index contributed by atoms with van der Waals surface area (Å²) in [5, 5.41) is 6.67.